The number of hydrogen-bond acceptors (Lipinski definition) is 5. The summed E-state index contributed by atoms with van der Waals surface area (Å²) in [6.07, 6.45) is 3.95. The molecule has 8 heteroatoms. The molecule has 0 aliphatic carbocycles. The van der Waals surface area contributed by atoms with Crippen LogP contribution in [0.5, 0.6) is 0 Å². The largest absolute Gasteiger partial charge is 0.463 e. The fourth-order valence-corrected chi connectivity index (χ4v) is 6.23. The second-order valence-electron chi connectivity index (χ2n) is 9.57. The number of hydrogen-bond donors (Lipinski definition) is 0. The molecular formula is C32H26FN3O3S. The van der Waals surface area contributed by atoms with Crippen molar-refractivity contribution in [1.82, 2.24) is 9.13 Å². The van der Waals surface area contributed by atoms with Gasteiger partial charge < -0.3 is 9.30 Å². The van der Waals surface area contributed by atoms with Gasteiger partial charge in [0, 0.05) is 29.2 Å². The van der Waals surface area contributed by atoms with Gasteiger partial charge in [-0.15, -0.1) is 0 Å². The maximum atomic E-state index is 14.0. The van der Waals surface area contributed by atoms with E-state index in [1.165, 1.54) is 33.6 Å². The standard InChI is InChI=1S/C32H26FN3O3S/c1-3-39-31(38)28-20(2)34-32-36(29(28)22-13-15-24(33)16-14-22)30(37)27(40-32)17-23-19-35(18-21-9-5-4-6-10-21)26-12-8-7-11-25(23)26/h4-17,19,29H,3,18H2,1-2H3/b27-17-. The van der Waals surface area contributed by atoms with Gasteiger partial charge in [-0.25, -0.2) is 14.2 Å². The van der Waals surface area contributed by atoms with Crippen molar-refractivity contribution in [2.45, 2.75) is 26.4 Å². The summed E-state index contributed by atoms with van der Waals surface area (Å²) >= 11 is 1.27. The normalized spacial score (nSPS) is 15.3. The van der Waals surface area contributed by atoms with Crippen LogP contribution in [-0.4, -0.2) is 21.7 Å². The fourth-order valence-electron chi connectivity index (χ4n) is 5.19. The molecule has 0 saturated carbocycles. The second-order valence-corrected chi connectivity index (χ2v) is 10.6. The second kappa shape index (κ2) is 10.5. The molecule has 0 spiro atoms. The van der Waals surface area contributed by atoms with Crippen molar-refractivity contribution in [2.24, 2.45) is 4.99 Å². The fraction of sp³-hybridized carbons (Fsp3) is 0.156. The molecular weight excluding hydrogens is 525 g/mol. The van der Waals surface area contributed by atoms with Crippen LogP contribution in [0.1, 0.15) is 36.6 Å². The first-order valence-electron chi connectivity index (χ1n) is 13.0. The Hall–Kier alpha value is -4.56. The average Bonchev–Trinajstić information content (AvgIpc) is 3.45. The zero-order valence-corrected chi connectivity index (χ0v) is 22.8. The maximum absolute atomic E-state index is 14.0. The van der Waals surface area contributed by atoms with Crippen LogP contribution in [0.4, 0.5) is 4.39 Å². The minimum Gasteiger partial charge on any atom is -0.463 e. The van der Waals surface area contributed by atoms with Crippen LogP contribution in [-0.2, 0) is 16.1 Å². The monoisotopic (exact) mass is 551 g/mol. The summed E-state index contributed by atoms with van der Waals surface area (Å²) in [6.45, 7) is 4.34. The van der Waals surface area contributed by atoms with Crippen molar-refractivity contribution < 1.29 is 13.9 Å². The number of ether oxygens (including phenoxy) is 1. The van der Waals surface area contributed by atoms with Gasteiger partial charge in [-0.3, -0.25) is 9.36 Å². The summed E-state index contributed by atoms with van der Waals surface area (Å²) in [5.41, 5.74) is 4.23. The van der Waals surface area contributed by atoms with E-state index in [0.717, 1.165) is 16.5 Å². The van der Waals surface area contributed by atoms with Crippen molar-refractivity contribution in [3.05, 3.63) is 139 Å². The maximum Gasteiger partial charge on any atom is 0.338 e. The zero-order chi connectivity index (χ0) is 27.8. The average molecular weight is 552 g/mol. The number of halogens is 1. The first-order valence-corrected chi connectivity index (χ1v) is 13.8. The lowest BCUT2D eigenvalue weighted by Crippen LogP contribution is -2.39. The Labute approximate surface area is 233 Å². The number of esters is 1. The van der Waals surface area contributed by atoms with Crippen LogP contribution in [0, 0.1) is 5.82 Å². The number of benzene rings is 3. The third kappa shape index (κ3) is 4.60. The van der Waals surface area contributed by atoms with E-state index in [1.807, 2.05) is 42.5 Å². The number of aromatic nitrogens is 2. The third-order valence-corrected chi connectivity index (χ3v) is 7.99. The molecule has 6 rings (SSSR count). The number of rotatable bonds is 6. The SMILES string of the molecule is CCOC(=O)C1=C(C)N=c2s/c(=C\c3cn(Cc4ccccc4)c4ccccc34)c(=O)n2C1c1ccc(F)cc1. The molecule has 0 fully saturated rings. The summed E-state index contributed by atoms with van der Waals surface area (Å²) in [6, 6.07) is 23.4. The summed E-state index contributed by atoms with van der Waals surface area (Å²) < 4.78 is 23.3. The van der Waals surface area contributed by atoms with E-state index in [4.69, 9.17) is 4.74 Å². The van der Waals surface area contributed by atoms with E-state index in [-0.39, 0.29) is 17.7 Å². The van der Waals surface area contributed by atoms with Gasteiger partial charge in [0.1, 0.15) is 5.82 Å². The highest BCUT2D eigenvalue weighted by molar-refractivity contribution is 7.07. The molecule has 0 amide bonds. The molecule has 3 aromatic carbocycles. The first-order chi connectivity index (χ1) is 19.4. The summed E-state index contributed by atoms with van der Waals surface area (Å²) in [4.78, 5) is 32.1. The third-order valence-electron chi connectivity index (χ3n) is 7.00. The smallest absolute Gasteiger partial charge is 0.338 e. The predicted molar refractivity (Wildman–Crippen MR) is 154 cm³/mol. The van der Waals surface area contributed by atoms with Gasteiger partial charge in [0.2, 0.25) is 0 Å². The van der Waals surface area contributed by atoms with E-state index < -0.39 is 17.8 Å². The van der Waals surface area contributed by atoms with E-state index in [2.05, 4.69) is 34.0 Å². The Balaban J connectivity index is 1.52. The van der Waals surface area contributed by atoms with Gasteiger partial charge in [0.25, 0.3) is 5.56 Å². The van der Waals surface area contributed by atoms with Crippen LogP contribution in [0.15, 0.2) is 106 Å². The Kier molecular flexibility index (Phi) is 6.77. The van der Waals surface area contributed by atoms with E-state index in [9.17, 15) is 14.0 Å². The van der Waals surface area contributed by atoms with Gasteiger partial charge in [-0.05, 0) is 49.2 Å². The van der Waals surface area contributed by atoms with E-state index in [0.29, 0.717) is 27.1 Å². The minimum absolute atomic E-state index is 0.184. The molecule has 40 heavy (non-hydrogen) atoms. The summed E-state index contributed by atoms with van der Waals surface area (Å²) in [5, 5.41) is 1.03. The Morgan fingerprint density at radius 1 is 1.05 bits per heavy atom. The molecule has 1 atom stereocenters. The molecule has 0 bridgehead atoms. The molecule has 0 saturated heterocycles. The molecule has 3 heterocycles. The number of allylic oxidation sites excluding steroid dienone is 1. The van der Waals surface area contributed by atoms with Crippen molar-refractivity contribution in [2.75, 3.05) is 6.61 Å². The summed E-state index contributed by atoms with van der Waals surface area (Å²) in [7, 11) is 0. The number of carbonyl (C=O) groups excluding carboxylic acids is 1. The lowest BCUT2D eigenvalue weighted by Gasteiger charge is -2.24. The number of carbonyl (C=O) groups is 1. The van der Waals surface area contributed by atoms with Gasteiger partial charge in [-0.1, -0.05) is 72.0 Å². The topological polar surface area (TPSA) is 65.6 Å². The van der Waals surface area contributed by atoms with Crippen LogP contribution < -0.4 is 14.9 Å². The Morgan fingerprint density at radius 2 is 1.77 bits per heavy atom. The number of nitrogens with zero attached hydrogens (tertiary/aromatic N) is 3. The van der Waals surface area contributed by atoms with Crippen molar-refractivity contribution >= 4 is 34.3 Å². The highest BCUT2D eigenvalue weighted by Crippen LogP contribution is 2.31. The number of fused-ring (bicyclic) bond motifs is 2. The van der Waals surface area contributed by atoms with Crippen molar-refractivity contribution in [3.8, 4) is 0 Å². The van der Waals surface area contributed by atoms with Gasteiger partial charge >= 0.3 is 5.97 Å². The highest BCUT2D eigenvalue weighted by Gasteiger charge is 2.33. The van der Waals surface area contributed by atoms with Crippen LogP contribution in [0.3, 0.4) is 0 Å². The molecule has 200 valence electrons. The van der Waals surface area contributed by atoms with Crippen LogP contribution in [0.25, 0.3) is 17.0 Å². The number of para-hydroxylation sites is 1. The molecule has 1 aliphatic heterocycles. The first kappa shape index (κ1) is 25.7. The van der Waals surface area contributed by atoms with Crippen molar-refractivity contribution in [1.29, 1.82) is 0 Å². The molecule has 0 radical (unpaired) electrons. The molecule has 5 aromatic rings. The van der Waals surface area contributed by atoms with E-state index in [1.54, 1.807) is 26.0 Å². The predicted octanol–water partition coefficient (Wildman–Crippen LogP) is 4.94. The molecule has 1 unspecified atom stereocenters. The quantitative estimate of drug-likeness (QED) is 0.281. The Bertz CT molecular complexity index is 1950. The molecule has 2 aromatic heterocycles. The zero-order valence-electron chi connectivity index (χ0n) is 22.0. The Morgan fingerprint density at radius 3 is 2.52 bits per heavy atom. The van der Waals surface area contributed by atoms with Gasteiger partial charge in [0.15, 0.2) is 4.80 Å². The minimum atomic E-state index is -0.780. The molecule has 6 nitrogen and oxygen atoms in total. The van der Waals surface area contributed by atoms with Crippen molar-refractivity contribution in [3.63, 3.8) is 0 Å². The van der Waals surface area contributed by atoms with Gasteiger partial charge in [0.05, 0.1) is 28.5 Å². The molecule has 1 aliphatic rings. The lowest BCUT2D eigenvalue weighted by atomic mass is 9.96. The van der Waals surface area contributed by atoms with Crippen LogP contribution in [0.2, 0.25) is 0 Å². The van der Waals surface area contributed by atoms with Gasteiger partial charge in [-0.2, -0.15) is 0 Å². The van der Waals surface area contributed by atoms with Crippen LogP contribution >= 0.6 is 11.3 Å². The highest BCUT2D eigenvalue weighted by atomic mass is 32.1. The number of thiazole rings is 1. The molecule has 0 N–H and O–H groups in total. The lowest BCUT2D eigenvalue weighted by molar-refractivity contribution is -0.139. The van der Waals surface area contributed by atoms with E-state index >= 15 is 0 Å². The summed E-state index contributed by atoms with van der Waals surface area (Å²) in [5.74, 6) is -0.947.